The van der Waals surface area contributed by atoms with Gasteiger partial charge in [-0.1, -0.05) is 37.1 Å². The molecule has 0 saturated heterocycles. The fourth-order valence-corrected chi connectivity index (χ4v) is 5.00. The van der Waals surface area contributed by atoms with Gasteiger partial charge in [0.2, 0.25) is 5.91 Å². The quantitative estimate of drug-likeness (QED) is 0.481. The van der Waals surface area contributed by atoms with E-state index in [1.165, 1.54) is 22.3 Å². The SMILES string of the molecule is CCOC(=O)c1c(NC(=O)/C=C/c2cccc(Cl)c2)sc2c1CCC(CC)C2. The number of esters is 1. The number of rotatable bonds is 6. The molecule has 0 bridgehead atoms. The van der Waals surface area contributed by atoms with Gasteiger partial charge in [0.05, 0.1) is 12.2 Å². The molecule has 1 heterocycles. The Kier molecular flexibility index (Phi) is 6.92. The maximum atomic E-state index is 12.5. The van der Waals surface area contributed by atoms with E-state index in [0.717, 1.165) is 36.8 Å². The number of hydrogen-bond acceptors (Lipinski definition) is 4. The molecule has 2 aromatic rings. The third kappa shape index (κ3) is 4.83. The van der Waals surface area contributed by atoms with Gasteiger partial charge >= 0.3 is 5.97 Å². The molecule has 1 N–H and O–H groups in total. The molecule has 0 aliphatic heterocycles. The molecule has 0 fully saturated rings. The van der Waals surface area contributed by atoms with Crippen LogP contribution in [0.5, 0.6) is 0 Å². The van der Waals surface area contributed by atoms with Gasteiger partial charge in [0.25, 0.3) is 0 Å². The highest BCUT2D eigenvalue weighted by Crippen LogP contribution is 2.40. The Hall–Kier alpha value is -2.11. The smallest absolute Gasteiger partial charge is 0.341 e. The molecule has 4 nitrogen and oxygen atoms in total. The van der Waals surface area contributed by atoms with Crippen LogP contribution in [0.25, 0.3) is 6.08 Å². The summed E-state index contributed by atoms with van der Waals surface area (Å²) in [6.45, 7) is 4.29. The van der Waals surface area contributed by atoms with Crippen LogP contribution < -0.4 is 5.32 Å². The van der Waals surface area contributed by atoms with Gasteiger partial charge in [-0.25, -0.2) is 4.79 Å². The number of carbonyl (C=O) groups excluding carboxylic acids is 2. The molecule has 1 aliphatic rings. The van der Waals surface area contributed by atoms with E-state index in [-0.39, 0.29) is 11.9 Å². The van der Waals surface area contributed by atoms with Crippen molar-refractivity contribution in [1.82, 2.24) is 0 Å². The number of benzene rings is 1. The molecule has 0 radical (unpaired) electrons. The maximum Gasteiger partial charge on any atom is 0.341 e. The highest BCUT2D eigenvalue weighted by Gasteiger charge is 2.29. The lowest BCUT2D eigenvalue weighted by molar-refractivity contribution is -0.111. The predicted octanol–water partition coefficient (Wildman–Crippen LogP) is 5.75. The van der Waals surface area contributed by atoms with Crippen molar-refractivity contribution < 1.29 is 14.3 Å². The molecule has 28 heavy (non-hydrogen) atoms. The molecule has 1 aromatic carbocycles. The van der Waals surface area contributed by atoms with E-state index in [2.05, 4.69) is 12.2 Å². The third-order valence-electron chi connectivity index (χ3n) is 4.94. The first-order chi connectivity index (χ1) is 13.5. The molecule has 1 aromatic heterocycles. The lowest BCUT2D eigenvalue weighted by Gasteiger charge is -2.20. The van der Waals surface area contributed by atoms with Crippen molar-refractivity contribution in [1.29, 1.82) is 0 Å². The summed E-state index contributed by atoms with van der Waals surface area (Å²) in [4.78, 5) is 26.2. The molecule has 1 aliphatic carbocycles. The van der Waals surface area contributed by atoms with Gasteiger partial charge in [0.15, 0.2) is 0 Å². The summed E-state index contributed by atoms with van der Waals surface area (Å²) < 4.78 is 5.25. The number of carbonyl (C=O) groups is 2. The van der Waals surface area contributed by atoms with Gasteiger partial charge in [0, 0.05) is 16.0 Å². The molecule has 148 valence electrons. The number of ether oxygens (including phenoxy) is 1. The van der Waals surface area contributed by atoms with Crippen LogP contribution in [0.3, 0.4) is 0 Å². The molecule has 1 atom stereocenters. The maximum absolute atomic E-state index is 12.5. The summed E-state index contributed by atoms with van der Waals surface area (Å²) in [5.74, 6) is -0.00676. The van der Waals surface area contributed by atoms with Gasteiger partial charge in [0.1, 0.15) is 5.00 Å². The average molecular weight is 418 g/mol. The summed E-state index contributed by atoms with van der Waals surface area (Å²) in [7, 11) is 0. The lowest BCUT2D eigenvalue weighted by Crippen LogP contribution is -2.16. The summed E-state index contributed by atoms with van der Waals surface area (Å²) in [5, 5.41) is 4.08. The van der Waals surface area contributed by atoms with Gasteiger partial charge < -0.3 is 10.1 Å². The molecule has 6 heteroatoms. The molecule has 0 spiro atoms. The molecule has 1 amide bonds. The van der Waals surface area contributed by atoms with Crippen molar-refractivity contribution in [2.75, 3.05) is 11.9 Å². The van der Waals surface area contributed by atoms with Crippen LogP contribution in [0.4, 0.5) is 5.00 Å². The van der Waals surface area contributed by atoms with Gasteiger partial charge in [-0.3, -0.25) is 4.79 Å². The molecule has 1 unspecified atom stereocenters. The van der Waals surface area contributed by atoms with E-state index >= 15 is 0 Å². The molecule has 3 rings (SSSR count). The molecule has 0 saturated carbocycles. The van der Waals surface area contributed by atoms with Crippen molar-refractivity contribution in [3.63, 3.8) is 0 Å². The van der Waals surface area contributed by atoms with Gasteiger partial charge in [-0.15, -0.1) is 11.3 Å². The highest BCUT2D eigenvalue weighted by atomic mass is 35.5. The van der Waals surface area contributed by atoms with Crippen molar-refractivity contribution in [3.8, 4) is 0 Å². The fourth-order valence-electron chi connectivity index (χ4n) is 3.45. The zero-order chi connectivity index (χ0) is 20.1. The van der Waals surface area contributed by atoms with Crippen LogP contribution in [-0.2, 0) is 22.4 Å². The standard InChI is InChI=1S/C22H24ClNO3S/c1-3-14-8-10-17-18(13-14)28-21(20(17)22(26)27-4-2)24-19(25)11-9-15-6-5-7-16(23)12-15/h5-7,9,11-12,14H,3-4,8,10,13H2,1-2H3,(H,24,25)/b11-9+. The van der Waals surface area contributed by atoms with E-state index in [0.29, 0.717) is 28.1 Å². The Morgan fingerprint density at radius 1 is 1.36 bits per heavy atom. The minimum atomic E-state index is -0.357. The summed E-state index contributed by atoms with van der Waals surface area (Å²) >= 11 is 7.47. The number of hydrogen-bond donors (Lipinski definition) is 1. The third-order valence-corrected chi connectivity index (χ3v) is 6.34. The van der Waals surface area contributed by atoms with Crippen molar-refractivity contribution in [2.45, 2.75) is 39.5 Å². The fraction of sp³-hybridized carbons (Fsp3) is 0.364. The van der Waals surface area contributed by atoms with Crippen LogP contribution in [-0.4, -0.2) is 18.5 Å². The second-order valence-corrected chi connectivity index (χ2v) is 8.36. The molecular formula is C22H24ClNO3S. The first kappa shape index (κ1) is 20.6. The van der Waals surface area contributed by atoms with E-state index in [9.17, 15) is 9.59 Å². The van der Waals surface area contributed by atoms with Gasteiger partial charge in [-0.05, 0) is 61.4 Å². The van der Waals surface area contributed by atoms with E-state index in [4.69, 9.17) is 16.3 Å². The first-order valence-corrected chi connectivity index (χ1v) is 10.8. The second-order valence-electron chi connectivity index (χ2n) is 6.82. The number of nitrogens with one attached hydrogen (secondary N) is 1. The minimum absolute atomic E-state index is 0.281. The van der Waals surface area contributed by atoms with E-state index < -0.39 is 0 Å². The Balaban J connectivity index is 1.83. The Morgan fingerprint density at radius 3 is 2.89 bits per heavy atom. The van der Waals surface area contributed by atoms with Gasteiger partial charge in [-0.2, -0.15) is 0 Å². The zero-order valence-electron chi connectivity index (χ0n) is 16.1. The largest absolute Gasteiger partial charge is 0.462 e. The number of halogens is 1. The summed E-state index contributed by atoms with van der Waals surface area (Å²) in [6.07, 6.45) is 7.15. The predicted molar refractivity (Wildman–Crippen MR) is 115 cm³/mol. The minimum Gasteiger partial charge on any atom is -0.462 e. The second kappa shape index (κ2) is 9.39. The molecular weight excluding hydrogens is 394 g/mol. The van der Waals surface area contributed by atoms with Crippen molar-refractivity contribution >= 4 is 45.9 Å². The first-order valence-electron chi connectivity index (χ1n) is 9.58. The Morgan fingerprint density at radius 2 is 2.18 bits per heavy atom. The van der Waals surface area contributed by atoms with Crippen molar-refractivity contribution in [3.05, 3.63) is 56.9 Å². The average Bonchev–Trinajstić information content (AvgIpc) is 3.03. The van der Waals surface area contributed by atoms with E-state index in [1.54, 1.807) is 25.1 Å². The number of anilines is 1. The summed E-state index contributed by atoms with van der Waals surface area (Å²) in [5.41, 5.74) is 2.41. The van der Waals surface area contributed by atoms with Crippen LogP contribution >= 0.6 is 22.9 Å². The normalized spacial score (nSPS) is 16.0. The Bertz CT molecular complexity index is 903. The van der Waals surface area contributed by atoms with Crippen LogP contribution in [0.15, 0.2) is 30.3 Å². The van der Waals surface area contributed by atoms with Crippen LogP contribution in [0.1, 0.15) is 53.1 Å². The number of amides is 1. The van der Waals surface area contributed by atoms with E-state index in [1.807, 2.05) is 12.1 Å². The Labute approximate surface area is 174 Å². The highest BCUT2D eigenvalue weighted by molar-refractivity contribution is 7.17. The van der Waals surface area contributed by atoms with Crippen molar-refractivity contribution in [2.24, 2.45) is 5.92 Å². The topological polar surface area (TPSA) is 55.4 Å². The monoisotopic (exact) mass is 417 g/mol. The zero-order valence-corrected chi connectivity index (χ0v) is 17.7. The number of thiophene rings is 1. The number of fused-ring (bicyclic) bond motifs is 1. The van der Waals surface area contributed by atoms with Crippen LogP contribution in [0, 0.1) is 5.92 Å². The summed E-state index contributed by atoms with van der Waals surface area (Å²) in [6, 6.07) is 7.26. The lowest BCUT2D eigenvalue weighted by atomic mass is 9.85. The van der Waals surface area contributed by atoms with Crippen LogP contribution in [0.2, 0.25) is 5.02 Å².